The van der Waals surface area contributed by atoms with E-state index < -0.39 is 12.6 Å². The highest BCUT2D eigenvalue weighted by Crippen LogP contribution is 2.33. The Labute approximate surface area is 129 Å². The van der Waals surface area contributed by atoms with Crippen LogP contribution in [0.1, 0.15) is 5.56 Å². The lowest BCUT2D eigenvalue weighted by Crippen LogP contribution is -2.36. The smallest absolute Gasteiger partial charge is 0.387 e. The fourth-order valence-corrected chi connectivity index (χ4v) is 2.41. The lowest BCUT2D eigenvalue weighted by Gasteiger charge is -2.24. The normalized spacial score (nSPS) is 15.3. The fraction of sp³-hybridized carbons (Fsp3) is 0.429. The predicted octanol–water partition coefficient (Wildman–Crippen LogP) is 1.89. The van der Waals surface area contributed by atoms with Crippen LogP contribution in [0.5, 0.6) is 5.75 Å². The maximum atomic E-state index is 12.5. The van der Waals surface area contributed by atoms with Crippen LogP contribution in [0.4, 0.5) is 14.8 Å². The summed E-state index contributed by atoms with van der Waals surface area (Å²) < 4.78 is 40.3. The number of hydrogen-bond donors (Lipinski definition) is 1. The number of hydrogen-bond acceptors (Lipinski definition) is 6. The van der Waals surface area contributed by atoms with E-state index in [4.69, 9.17) is 14.3 Å². The van der Waals surface area contributed by atoms with Gasteiger partial charge in [-0.15, -0.1) is 0 Å². The Balaban J connectivity index is 2.04. The molecule has 0 saturated carbocycles. The molecule has 3 rings (SSSR count). The molecular weight excluding hydrogens is 314 g/mol. The van der Waals surface area contributed by atoms with E-state index in [-0.39, 0.29) is 29.3 Å². The molecule has 0 aliphatic carbocycles. The van der Waals surface area contributed by atoms with Gasteiger partial charge in [-0.2, -0.15) is 13.8 Å². The minimum absolute atomic E-state index is 0.0885. The lowest BCUT2D eigenvalue weighted by atomic mass is 10.1. The van der Waals surface area contributed by atoms with E-state index in [1.807, 2.05) is 0 Å². The number of oxazole rings is 1. The van der Waals surface area contributed by atoms with Gasteiger partial charge in [-0.05, 0) is 6.07 Å². The second kappa shape index (κ2) is 6.37. The van der Waals surface area contributed by atoms with Crippen LogP contribution in [-0.2, 0) is 16.0 Å². The number of aromatic nitrogens is 1. The van der Waals surface area contributed by atoms with Gasteiger partial charge in [0.1, 0.15) is 0 Å². The quantitative estimate of drug-likeness (QED) is 0.897. The minimum Gasteiger partial charge on any atom is -0.481 e. The standard InChI is InChI=1S/C14H14F2N2O5/c15-13(16)22-9-2-1-8(7-10(19)20)12-11(9)17-14(23-12)18-3-5-21-6-4-18/h1-2,13H,3-7H2,(H,19,20). The minimum atomic E-state index is -3.01. The Morgan fingerprint density at radius 3 is 2.78 bits per heavy atom. The summed E-state index contributed by atoms with van der Waals surface area (Å²) in [6.45, 7) is -0.910. The van der Waals surface area contributed by atoms with Crippen molar-refractivity contribution in [3.05, 3.63) is 17.7 Å². The molecule has 2 heterocycles. The second-order valence-electron chi connectivity index (χ2n) is 4.95. The molecule has 2 aromatic rings. The van der Waals surface area contributed by atoms with E-state index in [2.05, 4.69) is 9.72 Å². The lowest BCUT2D eigenvalue weighted by molar-refractivity contribution is -0.136. The average molecular weight is 328 g/mol. The highest BCUT2D eigenvalue weighted by Gasteiger charge is 2.22. The number of carboxylic acid groups (broad SMARTS) is 1. The third-order valence-electron chi connectivity index (χ3n) is 3.42. The van der Waals surface area contributed by atoms with Gasteiger partial charge in [-0.1, -0.05) is 6.07 Å². The van der Waals surface area contributed by atoms with Crippen molar-refractivity contribution in [3.63, 3.8) is 0 Å². The molecule has 1 fully saturated rings. The van der Waals surface area contributed by atoms with Gasteiger partial charge >= 0.3 is 12.6 Å². The van der Waals surface area contributed by atoms with Crippen LogP contribution in [0.15, 0.2) is 16.5 Å². The summed E-state index contributed by atoms with van der Waals surface area (Å²) in [6.07, 6.45) is -0.302. The molecule has 1 aromatic heterocycles. The van der Waals surface area contributed by atoms with Gasteiger partial charge in [0.05, 0.1) is 19.6 Å². The summed E-state index contributed by atoms with van der Waals surface area (Å²) in [5.41, 5.74) is 0.582. The summed E-state index contributed by atoms with van der Waals surface area (Å²) in [5, 5.41) is 8.96. The highest BCUT2D eigenvalue weighted by molar-refractivity contribution is 5.87. The van der Waals surface area contributed by atoms with E-state index in [0.29, 0.717) is 31.9 Å². The molecule has 0 radical (unpaired) electrons. The van der Waals surface area contributed by atoms with Gasteiger partial charge in [-0.3, -0.25) is 4.79 Å². The molecule has 0 unspecified atom stereocenters. The van der Waals surface area contributed by atoms with Crippen molar-refractivity contribution >= 4 is 23.1 Å². The maximum absolute atomic E-state index is 12.5. The number of halogens is 2. The molecule has 1 aromatic carbocycles. The zero-order valence-corrected chi connectivity index (χ0v) is 12.0. The summed E-state index contributed by atoms with van der Waals surface area (Å²) in [7, 11) is 0. The van der Waals surface area contributed by atoms with Crippen molar-refractivity contribution in [2.24, 2.45) is 0 Å². The van der Waals surface area contributed by atoms with Gasteiger partial charge in [0.25, 0.3) is 6.01 Å². The molecule has 1 N–H and O–H groups in total. The zero-order valence-electron chi connectivity index (χ0n) is 12.0. The Morgan fingerprint density at radius 1 is 1.39 bits per heavy atom. The molecule has 1 aliphatic rings. The summed E-state index contributed by atoms with van der Waals surface area (Å²) in [4.78, 5) is 17.0. The van der Waals surface area contributed by atoms with Crippen molar-refractivity contribution in [3.8, 4) is 5.75 Å². The van der Waals surface area contributed by atoms with Crippen molar-refractivity contribution < 1.29 is 32.6 Å². The van der Waals surface area contributed by atoms with Crippen molar-refractivity contribution in [1.82, 2.24) is 4.98 Å². The van der Waals surface area contributed by atoms with Crippen LogP contribution < -0.4 is 9.64 Å². The third kappa shape index (κ3) is 3.34. The number of carboxylic acids is 1. The summed E-state index contributed by atoms with van der Waals surface area (Å²) in [6, 6.07) is 2.90. The molecule has 1 saturated heterocycles. The molecule has 1 aliphatic heterocycles. The number of morpholine rings is 1. The number of benzene rings is 1. The first-order chi connectivity index (χ1) is 11.0. The number of fused-ring (bicyclic) bond motifs is 1. The van der Waals surface area contributed by atoms with E-state index in [1.54, 1.807) is 4.90 Å². The number of rotatable bonds is 5. The van der Waals surface area contributed by atoms with Crippen molar-refractivity contribution in [2.75, 3.05) is 31.2 Å². The molecule has 0 bridgehead atoms. The zero-order chi connectivity index (χ0) is 16.4. The summed E-state index contributed by atoms with van der Waals surface area (Å²) >= 11 is 0. The fourth-order valence-electron chi connectivity index (χ4n) is 2.41. The molecule has 23 heavy (non-hydrogen) atoms. The maximum Gasteiger partial charge on any atom is 0.387 e. The van der Waals surface area contributed by atoms with Gasteiger partial charge in [-0.25, -0.2) is 0 Å². The largest absolute Gasteiger partial charge is 0.481 e. The van der Waals surface area contributed by atoms with Crippen LogP contribution in [-0.4, -0.2) is 49.0 Å². The van der Waals surface area contributed by atoms with Gasteiger partial charge in [0.15, 0.2) is 16.8 Å². The molecule has 124 valence electrons. The SMILES string of the molecule is O=C(O)Cc1ccc(OC(F)F)c2nc(N3CCOCC3)oc12. The van der Waals surface area contributed by atoms with Gasteiger partial charge in [0.2, 0.25) is 0 Å². The van der Waals surface area contributed by atoms with Gasteiger partial charge in [0, 0.05) is 18.7 Å². The summed E-state index contributed by atoms with van der Waals surface area (Å²) in [5.74, 6) is -1.20. The molecule has 7 nitrogen and oxygen atoms in total. The van der Waals surface area contributed by atoms with Crippen molar-refractivity contribution in [1.29, 1.82) is 0 Å². The molecule has 0 atom stereocenters. The highest BCUT2D eigenvalue weighted by atomic mass is 19.3. The predicted molar refractivity (Wildman–Crippen MR) is 75.0 cm³/mol. The Morgan fingerprint density at radius 2 is 2.13 bits per heavy atom. The number of carbonyl (C=O) groups is 1. The molecule has 0 spiro atoms. The van der Waals surface area contributed by atoms with E-state index in [0.717, 1.165) is 0 Å². The average Bonchev–Trinajstić information content (AvgIpc) is 2.96. The molecule has 9 heteroatoms. The first kappa shape index (κ1) is 15.5. The topological polar surface area (TPSA) is 85.0 Å². The van der Waals surface area contributed by atoms with Crippen LogP contribution in [0.3, 0.4) is 0 Å². The molecule has 0 amide bonds. The van der Waals surface area contributed by atoms with Crippen LogP contribution in [0, 0.1) is 0 Å². The van der Waals surface area contributed by atoms with Crippen LogP contribution in [0.25, 0.3) is 11.1 Å². The number of anilines is 1. The van der Waals surface area contributed by atoms with Crippen LogP contribution >= 0.6 is 0 Å². The van der Waals surface area contributed by atoms with Crippen LogP contribution in [0.2, 0.25) is 0 Å². The first-order valence-corrected chi connectivity index (χ1v) is 6.96. The number of aliphatic carboxylic acids is 1. The Kier molecular flexibility index (Phi) is 4.28. The monoisotopic (exact) mass is 328 g/mol. The number of nitrogens with zero attached hydrogens (tertiary/aromatic N) is 2. The third-order valence-corrected chi connectivity index (χ3v) is 3.42. The molecular formula is C14H14F2N2O5. The van der Waals surface area contributed by atoms with E-state index >= 15 is 0 Å². The Hall–Kier alpha value is -2.42. The second-order valence-corrected chi connectivity index (χ2v) is 4.95. The number of ether oxygens (including phenoxy) is 2. The van der Waals surface area contributed by atoms with Crippen molar-refractivity contribution in [2.45, 2.75) is 13.0 Å². The van der Waals surface area contributed by atoms with E-state index in [1.165, 1.54) is 12.1 Å². The van der Waals surface area contributed by atoms with E-state index in [9.17, 15) is 13.6 Å². The van der Waals surface area contributed by atoms with Gasteiger partial charge < -0.3 is 23.9 Å². The first-order valence-electron chi connectivity index (χ1n) is 6.96. The Bertz CT molecular complexity index is 713. The number of alkyl halides is 2.